The molecule has 0 spiro atoms. The maximum Gasteiger partial charge on any atom is 0.0406 e. The van der Waals surface area contributed by atoms with E-state index in [4.69, 9.17) is 11.6 Å². The van der Waals surface area contributed by atoms with Crippen LogP contribution in [0.15, 0.2) is 24.3 Å². The van der Waals surface area contributed by atoms with E-state index in [1.165, 1.54) is 44.1 Å². The van der Waals surface area contributed by atoms with E-state index in [-0.39, 0.29) is 0 Å². The molecule has 0 aromatic heterocycles. The fraction of sp³-hybridized carbons (Fsp3) is 0.647. The summed E-state index contributed by atoms with van der Waals surface area (Å²) in [5.74, 6) is 0.874. The third-order valence-electron chi connectivity index (χ3n) is 4.22. The van der Waals surface area contributed by atoms with Crippen LogP contribution in [0.25, 0.3) is 0 Å². The van der Waals surface area contributed by atoms with Gasteiger partial charge in [-0.2, -0.15) is 0 Å². The normalized spacial score (nSPS) is 25.2. The molecule has 0 bridgehead atoms. The van der Waals surface area contributed by atoms with Crippen LogP contribution in [0.5, 0.6) is 0 Å². The summed E-state index contributed by atoms with van der Waals surface area (Å²) in [5, 5.41) is 4.70. The minimum atomic E-state index is 0.484. The number of hydrogen-bond acceptors (Lipinski definition) is 1. The summed E-state index contributed by atoms with van der Waals surface area (Å²) >= 11 is 5.98. The summed E-state index contributed by atoms with van der Waals surface area (Å²) in [7, 11) is 0. The minimum Gasteiger partial charge on any atom is -0.307 e. The van der Waals surface area contributed by atoms with Gasteiger partial charge in [-0.3, -0.25) is 0 Å². The summed E-state index contributed by atoms with van der Waals surface area (Å²) < 4.78 is 0. The van der Waals surface area contributed by atoms with Gasteiger partial charge in [0, 0.05) is 17.1 Å². The third kappa shape index (κ3) is 4.50. The largest absolute Gasteiger partial charge is 0.307 e. The molecule has 0 aliphatic heterocycles. The van der Waals surface area contributed by atoms with Crippen molar-refractivity contribution in [3.05, 3.63) is 34.9 Å². The zero-order chi connectivity index (χ0) is 13.7. The highest BCUT2D eigenvalue weighted by atomic mass is 35.5. The molecule has 3 atom stereocenters. The Kier molecular flexibility index (Phi) is 5.72. The van der Waals surface area contributed by atoms with Crippen LogP contribution in [0.4, 0.5) is 0 Å². The van der Waals surface area contributed by atoms with Gasteiger partial charge in [-0.1, -0.05) is 56.8 Å². The number of halogens is 1. The molecule has 1 aromatic carbocycles. The van der Waals surface area contributed by atoms with E-state index in [1.54, 1.807) is 0 Å². The first kappa shape index (κ1) is 14.9. The van der Waals surface area contributed by atoms with Gasteiger partial charge in [-0.15, -0.1) is 0 Å². The molecule has 2 rings (SSSR count). The molecule has 2 heteroatoms. The van der Waals surface area contributed by atoms with Crippen LogP contribution >= 0.6 is 11.6 Å². The Morgan fingerprint density at radius 2 is 2.00 bits per heavy atom. The van der Waals surface area contributed by atoms with E-state index < -0.39 is 0 Å². The van der Waals surface area contributed by atoms with Crippen molar-refractivity contribution < 1.29 is 0 Å². The lowest BCUT2D eigenvalue weighted by Gasteiger charge is -2.31. The predicted molar refractivity (Wildman–Crippen MR) is 83.7 cm³/mol. The Morgan fingerprint density at radius 1 is 1.26 bits per heavy atom. The highest BCUT2D eigenvalue weighted by molar-refractivity contribution is 6.30. The minimum absolute atomic E-state index is 0.484. The Hall–Kier alpha value is -0.530. The van der Waals surface area contributed by atoms with Crippen LogP contribution in [0.2, 0.25) is 5.02 Å². The summed E-state index contributed by atoms with van der Waals surface area (Å²) in [5.41, 5.74) is 1.38. The predicted octanol–water partition coefficient (Wildman–Crippen LogP) is 5.35. The fourth-order valence-electron chi connectivity index (χ4n) is 3.20. The van der Waals surface area contributed by atoms with Crippen LogP contribution in [-0.2, 0) is 0 Å². The van der Waals surface area contributed by atoms with Gasteiger partial charge in [0.1, 0.15) is 0 Å². The van der Waals surface area contributed by atoms with E-state index >= 15 is 0 Å². The standard InChI is InChI=1S/C17H26ClN/c1-3-5-17(14-8-10-15(18)11-9-14)19-16-7-4-6-13(2)12-16/h8-11,13,16-17,19H,3-7,12H2,1-2H3. The van der Waals surface area contributed by atoms with E-state index in [1.807, 2.05) is 12.1 Å². The lowest BCUT2D eigenvalue weighted by Crippen LogP contribution is -2.36. The zero-order valence-corrected chi connectivity index (χ0v) is 12.9. The molecule has 1 N–H and O–H groups in total. The van der Waals surface area contributed by atoms with E-state index in [2.05, 4.69) is 31.3 Å². The number of hydrogen-bond donors (Lipinski definition) is 1. The molecule has 1 aliphatic carbocycles. The Morgan fingerprint density at radius 3 is 2.63 bits per heavy atom. The fourth-order valence-corrected chi connectivity index (χ4v) is 3.33. The number of nitrogens with one attached hydrogen (secondary N) is 1. The maximum atomic E-state index is 5.98. The van der Waals surface area contributed by atoms with E-state index in [0.29, 0.717) is 12.1 Å². The molecule has 0 heterocycles. The Balaban J connectivity index is 2.01. The molecule has 1 nitrogen and oxygen atoms in total. The molecule has 1 aromatic rings. The van der Waals surface area contributed by atoms with Gasteiger partial charge in [0.25, 0.3) is 0 Å². The van der Waals surface area contributed by atoms with Crippen LogP contribution in [0.3, 0.4) is 0 Å². The van der Waals surface area contributed by atoms with Crippen molar-refractivity contribution in [1.82, 2.24) is 5.32 Å². The monoisotopic (exact) mass is 279 g/mol. The van der Waals surface area contributed by atoms with Gasteiger partial charge in [0.15, 0.2) is 0 Å². The first-order valence-electron chi connectivity index (χ1n) is 7.70. The van der Waals surface area contributed by atoms with Crippen LogP contribution in [0.1, 0.15) is 64.0 Å². The second-order valence-corrected chi connectivity index (χ2v) is 6.46. The van der Waals surface area contributed by atoms with Crippen LogP contribution in [-0.4, -0.2) is 6.04 Å². The second-order valence-electron chi connectivity index (χ2n) is 6.03. The third-order valence-corrected chi connectivity index (χ3v) is 4.47. The quantitative estimate of drug-likeness (QED) is 0.766. The topological polar surface area (TPSA) is 12.0 Å². The van der Waals surface area contributed by atoms with Crippen molar-refractivity contribution >= 4 is 11.6 Å². The molecular weight excluding hydrogens is 254 g/mol. The van der Waals surface area contributed by atoms with Gasteiger partial charge in [0.05, 0.1) is 0 Å². The SMILES string of the molecule is CCCC(NC1CCCC(C)C1)c1ccc(Cl)cc1. The summed E-state index contributed by atoms with van der Waals surface area (Å²) in [6, 6.07) is 9.52. The van der Waals surface area contributed by atoms with Gasteiger partial charge in [-0.25, -0.2) is 0 Å². The van der Waals surface area contributed by atoms with E-state index in [0.717, 1.165) is 10.9 Å². The van der Waals surface area contributed by atoms with Gasteiger partial charge >= 0.3 is 0 Å². The van der Waals surface area contributed by atoms with E-state index in [9.17, 15) is 0 Å². The lowest BCUT2D eigenvalue weighted by molar-refractivity contribution is 0.275. The van der Waals surface area contributed by atoms with Crippen molar-refractivity contribution in [3.63, 3.8) is 0 Å². The van der Waals surface area contributed by atoms with Crippen LogP contribution < -0.4 is 5.32 Å². The molecule has 0 amide bonds. The summed E-state index contributed by atoms with van der Waals surface area (Å²) in [4.78, 5) is 0. The van der Waals surface area contributed by atoms with Crippen molar-refractivity contribution in [2.45, 2.75) is 64.5 Å². The first-order valence-corrected chi connectivity index (χ1v) is 8.08. The van der Waals surface area contributed by atoms with Crippen molar-refractivity contribution in [2.24, 2.45) is 5.92 Å². The highest BCUT2D eigenvalue weighted by Gasteiger charge is 2.21. The first-order chi connectivity index (χ1) is 9.19. The average Bonchev–Trinajstić information content (AvgIpc) is 2.39. The second kappa shape index (κ2) is 7.31. The molecule has 3 unspecified atom stereocenters. The Bertz CT molecular complexity index is 373. The summed E-state index contributed by atoms with van der Waals surface area (Å²) in [6.07, 6.45) is 7.84. The summed E-state index contributed by atoms with van der Waals surface area (Å²) in [6.45, 7) is 4.64. The number of benzene rings is 1. The Labute approximate surface area is 122 Å². The van der Waals surface area contributed by atoms with Gasteiger partial charge in [0.2, 0.25) is 0 Å². The molecule has 1 fully saturated rings. The molecule has 106 valence electrons. The van der Waals surface area contributed by atoms with Gasteiger partial charge < -0.3 is 5.32 Å². The van der Waals surface area contributed by atoms with Crippen molar-refractivity contribution in [2.75, 3.05) is 0 Å². The zero-order valence-electron chi connectivity index (χ0n) is 12.2. The maximum absolute atomic E-state index is 5.98. The highest BCUT2D eigenvalue weighted by Crippen LogP contribution is 2.28. The smallest absolute Gasteiger partial charge is 0.0406 e. The number of rotatable bonds is 5. The van der Waals surface area contributed by atoms with Crippen molar-refractivity contribution in [3.8, 4) is 0 Å². The molecule has 0 saturated heterocycles. The van der Waals surface area contributed by atoms with Gasteiger partial charge in [-0.05, 0) is 42.9 Å². The molecule has 1 aliphatic rings. The molecule has 0 radical (unpaired) electrons. The average molecular weight is 280 g/mol. The molecular formula is C17H26ClN. The molecule has 19 heavy (non-hydrogen) atoms. The van der Waals surface area contributed by atoms with Crippen LogP contribution in [0, 0.1) is 5.92 Å². The lowest BCUT2D eigenvalue weighted by atomic mass is 9.86. The van der Waals surface area contributed by atoms with Crippen molar-refractivity contribution in [1.29, 1.82) is 0 Å². The molecule has 1 saturated carbocycles.